The van der Waals surface area contributed by atoms with Gasteiger partial charge < -0.3 is 19.2 Å². The summed E-state index contributed by atoms with van der Waals surface area (Å²) >= 11 is 0. The molecule has 1 N–H and O–H groups in total. The van der Waals surface area contributed by atoms with Crippen molar-refractivity contribution in [3.63, 3.8) is 0 Å². The van der Waals surface area contributed by atoms with Gasteiger partial charge in [-0.15, -0.1) is 0 Å². The van der Waals surface area contributed by atoms with Crippen LogP contribution in [0.2, 0.25) is 0 Å². The van der Waals surface area contributed by atoms with Crippen molar-refractivity contribution < 1.29 is 122 Å². The largest absolute Gasteiger partial charge is 1.00 e. The van der Waals surface area contributed by atoms with Crippen LogP contribution in [0.4, 0.5) is 0 Å². The summed E-state index contributed by atoms with van der Waals surface area (Å²) in [7, 11) is -5.14. The summed E-state index contributed by atoms with van der Waals surface area (Å²) in [6.07, 6.45) is 0. The molecular formula is H4BK2O4P. The fourth-order valence-corrected chi connectivity index (χ4v) is 0. The second kappa shape index (κ2) is 10.4. The zero-order chi connectivity index (χ0) is 4.50. The molecule has 0 heterocycles. The molecule has 8 heavy (non-hydrogen) atoms. The Morgan fingerprint density at radius 2 is 1.25 bits per heavy atom. The average Bonchev–Trinajstić information content (AvgIpc) is 0.722. The second-order valence-corrected chi connectivity index (χ2v) is 1.41. The summed E-state index contributed by atoms with van der Waals surface area (Å²) in [5.74, 6) is 0. The molecule has 0 spiro atoms. The molecule has 0 saturated heterocycles. The van der Waals surface area contributed by atoms with Crippen LogP contribution < -0.4 is 113 Å². The summed E-state index contributed by atoms with van der Waals surface area (Å²) in [6, 6.07) is 0. The maximum Gasteiger partial charge on any atom is 1.00 e. The van der Waals surface area contributed by atoms with Crippen molar-refractivity contribution in [1.29, 1.82) is 0 Å². The topological polar surface area (TPSA) is 83.4 Å². The van der Waals surface area contributed by atoms with E-state index in [0.717, 1.165) is 0 Å². The predicted octanol–water partition coefficient (Wildman–Crippen LogP) is -9.37. The van der Waals surface area contributed by atoms with Crippen LogP contribution in [-0.2, 0) is 4.57 Å². The van der Waals surface area contributed by atoms with Crippen LogP contribution in [0.3, 0.4) is 0 Å². The first-order valence-electron chi connectivity index (χ1n) is 0.748. The third-order valence-corrected chi connectivity index (χ3v) is 0. The molecule has 38 valence electrons. The maximum atomic E-state index is 8.66. The number of rotatable bonds is 0. The summed E-state index contributed by atoms with van der Waals surface area (Å²) < 4.78 is 8.66. The zero-order valence-electron chi connectivity index (χ0n) is 4.12. The van der Waals surface area contributed by atoms with Gasteiger partial charge in [0.25, 0.3) is 0 Å². The standard InChI is InChI=1S/BH3.2K.H3O4P/c;;;1-5(2,3)4/h1H3;;;(H3,1,2,3,4)/q;2*+1;/p-2. The summed E-state index contributed by atoms with van der Waals surface area (Å²) in [5, 5.41) is 0. The van der Waals surface area contributed by atoms with Gasteiger partial charge in [0.2, 0.25) is 0 Å². The van der Waals surface area contributed by atoms with Gasteiger partial charge >= 0.3 is 103 Å². The van der Waals surface area contributed by atoms with E-state index in [1.165, 1.54) is 0 Å². The molecule has 0 aliphatic heterocycles. The van der Waals surface area contributed by atoms with Crippen molar-refractivity contribution in [3.05, 3.63) is 0 Å². The molecular weight excluding hydrogens is 184 g/mol. The molecule has 0 unspecified atom stereocenters. The molecule has 8 heteroatoms. The molecule has 0 radical (unpaired) electrons. The molecule has 0 aromatic carbocycles. The molecule has 0 aliphatic carbocycles. The van der Waals surface area contributed by atoms with E-state index >= 15 is 0 Å². The van der Waals surface area contributed by atoms with Crippen molar-refractivity contribution in [2.24, 2.45) is 0 Å². The fourth-order valence-electron chi connectivity index (χ4n) is 0. The van der Waals surface area contributed by atoms with Crippen molar-refractivity contribution >= 4 is 16.2 Å². The molecule has 0 fully saturated rings. The molecule has 0 aliphatic rings. The second-order valence-electron chi connectivity index (χ2n) is 0.469. The van der Waals surface area contributed by atoms with E-state index in [-0.39, 0.29) is 111 Å². The van der Waals surface area contributed by atoms with Crippen LogP contribution >= 0.6 is 7.82 Å². The minimum Gasteiger partial charge on any atom is -0.790 e. The molecule has 0 aromatic rings. The molecule has 0 amide bonds. The average molecular weight is 188 g/mol. The van der Waals surface area contributed by atoms with E-state index in [1.807, 2.05) is 0 Å². The SMILES string of the molecule is B.O=P([O-])([O-])O.[K+].[K+]. The first kappa shape index (κ1) is 22.5. The van der Waals surface area contributed by atoms with Gasteiger partial charge in [-0.25, -0.2) is 0 Å². The van der Waals surface area contributed by atoms with Gasteiger partial charge in [-0.05, 0) is 0 Å². The summed E-state index contributed by atoms with van der Waals surface area (Å²) in [6.45, 7) is 0. The third kappa shape index (κ3) is 56.7. The Balaban J connectivity index is -0.0000000267. The Bertz CT molecular complexity index is 60.2. The van der Waals surface area contributed by atoms with E-state index in [0.29, 0.717) is 0 Å². The fraction of sp³-hybridized carbons (Fsp3) is 0. The Morgan fingerprint density at radius 1 is 1.25 bits per heavy atom. The smallest absolute Gasteiger partial charge is 0.790 e. The van der Waals surface area contributed by atoms with Gasteiger partial charge in [0.15, 0.2) is 0 Å². The quantitative estimate of drug-likeness (QED) is 0.302. The first-order chi connectivity index (χ1) is 2.00. The molecule has 0 rings (SSSR count). The van der Waals surface area contributed by atoms with E-state index in [2.05, 4.69) is 0 Å². The van der Waals surface area contributed by atoms with E-state index in [9.17, 15) is 0 Å². The van der Waals surface area contributed by atoms with Crippen LogP contribution in [0.1, 0.15) is 0 Å². The molecule has 0 atom stereocenters. The van der Waals surface area contributed by atoms with Crippen molar-refractivity contribution in [1.82, 2.24) is 0 Å². The van der Waals surface area contributed by atoms with Gasteiger partial charge in [-0.1, -0.05) is 0 Å². The Hall–Kier alpha value is 3.45. The van der Waals surface area contributed by atoms with Crippen LogP contribution in [-0.4, -0.2) is 13.3 Å². The Labute approximate surface area is 134 Å². The van der Waals surface area contributed by atoms with Crippen molar-refractivity contribution in [3.8, 4) is 0 Å². The number of hydrogen-bond donors (Lipinski definition) is 1. The van der Waals surface area contributed by atoms with Crippen LogP contribution in [0.15, 0.2) is 0 Å². The molecule has 0 bridgehead atoms. The normalized spacial score (nSPS) is 7.38. The van der Waals surface area contributed by atoms with Crippen LogP contribution in [0.5, 0.6) is 0 Å². The summed E-state index contributed by atoms with van der Waals surface area (Å²) in [4.78, 5) is 24.3. The molecule has 0 saturated carbocycles. The van der Waals surface area contributed by atoms with E-state index in [1.54, 1.807) is 0 Å². The van der Waals surface area contributed by atoms with E-state index < -0.39 is 7.82 Å². The monoisotopic (exact) mass is 188 g/mol. The predicted molar refractivity (Wildman–Crippen MR) is 19.8 cm³/mol. The zero-order valence-corrected chi connectivity index (χ0v) is 11.3. The van der Waals surface area contributed by atoms with Crippen LogP contribution in [0, 0.1) is 0 Å². The van der Waals surface area contributed by atoms with Gasteiger partial charge in [-0.2, -0.15) is 0 Å². The van der Waals surface area contributed by atoms with E-state index in [4.69, 9.17) is 19.2 Å². The number of hydrogen-bond acceptors (Lipinski definition) is 3. The number of phosphoric acid groups is 1. The summed E-state index contributed by atoms with van der Waals surface area (Å²) in [5.41, 5.74) is 0. The van der Waals surface area contributed by atoms with Crippen LogP contribution in [0.25, 0.3) is 0 Å². The first-order valence-corrected chi connectivity index (χ1v) is 2.24. The van der Waals surface area contributed by atoms with Gasteiger partial charge in [-0.3, -0.25) is 0 Å². The van der Waals surface area contributed by atoms with Gasteiger partial charge in [0.1, 0.15) is 0 Å². The third-order valence-electron chi connectivity index (χ3n) is 0. The minimum atomic E-state index is -5.14. The van der Waals surface area contributed by atoms with Gasteiger partial charge in [0.05, 0.1) is 16.2 Å². The molecule has 0 aromatic heterocycles. The molecule has 4 nitrogen and oxygen atoms in total. The van der Waals surface area contributed by atoms with Crippen molar-refractivity contribution in [2.45, 2.75) is 0 Å². The van der Waals surface area contributed by atoms with Gasteiger partial charge in [0, 0.05) is 0 Å². The Kier molecular flexibility index (Phi) is 29.4. The Morgan fingerprint density at radius 3 is 1.25 bits per heavy atom. The van der Waals surface area contributed by atoms with Crippen molar-refractivity contribution in [2.75, 3.05) is 0 Å². The maximum absolute atomic E-state index is 8.66. The minimum absolute atomic E-state index is 0.